The van der Waals surface area contributed by atoms with E-state index >= 15 is 0 Å². The number of amides is 1. The van der Waals surface area contributed by atoms with Crippen molar-refractivity contribution < 1.29 is 9.53 Å². The second kappa shape index (κ2) is 12.5. The zero-order valence-corrected chi connectivity index (χ0v) is 25.4. The Morgan fingerprint density at radius 2 is 1.86 bits per heavy atom. The highest BCUT2D eigenvalue weighted by Gasteiger charge is 2.34. The molecule has 5 heterocycles. The van der Waals surface area contributed by atoms with Crippen LogP contribution in [0.2, 0.25) is 5.02 Å². The van der Waals surface area contributed by atoms with Gasteiger partial charge in [0.05, 0.1) is 28.9 Å². The number of nitrogens with zero attached hydrogens (tertiary/aromatic N) is 7. The Bertz CT molecular complexity index is 1750. The fourth-order valence-corrected chi connectivity index (χ4v) is 5.80. The van der Waals surface area contributed by atoms with Gasteiger partial charge >= 0.3 is 5.69 Å². The number of aryl methyl sites for hydroxylation is 1. The molecule has 1 amide bonds. The Labute approximate surface area is 257 Å². The van der Waals surface area contributed by atoms with Gasteiger partial charge in [-0.15, -0.1) is 0 Å². The van der Waals surface area contributed by atoms with Crippen LogP contribution in [0.3, 0.4) is 0 Å². The molecule has 0 N–H and O–H groups in total. The summed E-state index contributed by atoms with van der Waals surface area (Å²) in [7, 11) is 1.56. The molecule has 1 aliphatic heterocycles. The average molecular weight is 604 g/mol. The first kappa shape index (κ1) is 31.6. The van der Waals surface area contributed by atoms with E-state index in [9.17, 15) is 9.59 Å². The lowest BCUT2D eigenvalue weighted by atomic mass is 10.0. The maximum Gasteiger partial charge on any atom is 0.355 e. The number of aromatic nitrogens is 5. The first-order valence-electron chi connectivity index (χ1n) is 13.9. The van der Waals surface area contributed by atoms with Crippen molar-refractivity contribution in [3.63, 3.8) is 0 Å². The Balaban J connectivity index is 0.00000423. The Hall–Kier alpha value is -4.31. The normalized spacial score (nSPS) is 16.7. The number of hydrogen-bond acceptors (Lipinski definition) is 8. The van der Waals surface area contributed by atoms with Crippen molar-refractivity contribution >= 4 is 34.4 Å². The standard InChI is InChI=1S/C31H34ClN7O3.CH4/c1-8-24(40)37-15-20(6)38(16-19(37)5)29-21-14-22(32)26(27-23(42-7)10-9-12-33-27)35-30(21)39(31(41)36-29)28-18(4)11-13-34-25(28)17(2)3;/h8-14,17,19-20H,1,15-16H2,2-7H3;1H4/t19-,20+;/m1./s1. The minimum atomic E-state index is -0.492. The third-order valence-corrected chi connectivity index (χ3v) is 7.94. The molecular weight excluding hydrogens is 566 g/mol. The molecule has 0 aliphatic carbocycles. The molecular formula is C32H38ClN7O3. The molecule has 1 fully saturated rings. The third kappa shape index (κ3) is 5.59. The number of fused-ring (bicyclic) bond motifs is 1. The van der Waals surface area contributed by atoms with Crippen LogP contribution in [-0.2, 0) is 4.79 Å². The van der Waals surface area contributed by atoms with Crippen LogP contribution < -0.4 is 15.3 Å². The number of pyridine rings is 3. The lowest BCUT2D eigenvalue weighted by Gasteiger charge is -2.44. The zero-order valence-electron chi connectivity index (χ0n) is 24.6. The molecule has 1 aliphatic rings. The summed E-state index contributed by atoms with van der Waals surface area (Å²) >= 11 is 6.91. The van der Waals surface area contributed by atoms with Crippen molar-refractivity contribution in [1.29, 1.82) is 0 Å². The molecule has 0 bridgehead atoms. The summed E-state index contributed by atoms with van der Waals surface area (Å²) in [6.07, 6.45) is 4.71. The summed E-state index contributed by atoms with van der Waals surface area (Å²) in [5, 5.41) is 0.930. The molecule has 4 aromatic heterocycles. The van der Waals surface area contributed by atoms with E-state index in [4.69, 9.17) is 21.3 Å². The molecule has 2 atom stereocenters. The molecule has 4 aromatic rings. The number of rotatable bonds is 6. The first-order chi connectivity index (χ1) is 20.1. The average Bonchev–Trinajstić information content (AvgIpc) is 2.97. The fourth-order valence-electron chi connectivity index (χ4n) is 5.56. The molecule has 11 heteroatoms. The van der Waals surface area contributed by atoms with Crippen LogP contribution in [0.25, 0.3) is 28.1 Å². The van der Waals surface area contributed by atoms with E-state index in [1.807, 2.05) is 45.6 Å². The summed E-state index contributed by atoms with van der Waals surface area (Å²) in [6.45, 7) is 14.5. The van der Waals surface area contributed by atoms with E-state index < -0.39 is 5.69 Å². The molecule has 1 saturated heterocycles. The lowest BCUT2D eigenvalue weighted by Crippen LogP contribution is -2.58. The van der Waals surface area contributed by atoms with E-state index in [1.165, 1.54) is 10.6 Å². The number of piperazine rings is 1. The Morgan fingerprint density at radius 1 is 1.12 bits per heavy atom. The topological polar surface area (TPSA) is 106 Å². The summed E-state index contributed by atoms with van der Waals surface area (Å²) in [4.78, 5) is 49.2. The number of carbonyl (C=O) groups excluding carboxylic acids is 1. The first-order valence-corrected chi connectivity index (χ1v) is 14.2. The summed E-state index contributed by atoms with van der Waals surface area (Å²) in [5.74, 6) is 0.855. The molecule has 0 spiro atoms. The highest BCUT2D eigenvalue weighted by molar-refractivity contribution is 6.33. The largest absolute Gasteiger partial charge is 0.494 e. The maximum absolute atomic E-state index is 14.1. The van der Waals surface area contributed by atoms with E-state index in [0.29, 0.717) is 57.8 Å². The second-order valence-corrected chi connectivity index (χ2v) is 11.3. The van der Waals surface area contributed by atoms with Gasteiger partial charge in [0.1, 0.15) is 23.0 Å². The number of anilines is 1. The van der Waals surface area contributed by atoms with E-state index in [2.05, 4.69) is 21.5 Å². The molecule has 5 rings (SSSR count). The van der Waals surface area contributed by atoms with Crippen molar-refractivity contribution in [2.45, 2.75) is 60.0 Å². The van der Waals surface area contributed by atoms with Crippen LogP contribution in [0.1, 0.15) is 52.3 Å². The predicted octanol–water partition coefficient (Wildman–Crippen LogP) is 5.58. The summed E-state index contributed by atoms with van der Waals surface area (Å²) in [6, 6.07) is 6.92. The van der Waals surface area contributed by atoms with Crippen LogP contribution >= 0.6 is 11.6 Å². The number of hydrogen-bond donors (Lipinski definition) is 0. The van der Waals surface area contributed by atoms with Gasteiger partial charge in [0.15, 0.2) is 5.65 Å². The van der Waals surface area contributed by atoms with Crippen molar-refractivity contribution in [2.75, 3.05) is 25.1 Å². The number of halogens is 1. The Kier molecular flexibility index (Phi) is 9.20. The van der Waals surface area contributed by atoms with E-state index in [0.717, 1.165) is 11.3 Å². The van der Waals surface area contributed by atoms with Crippen LogP contribution in [0.4, 0.5) is 5.82 Å². The quantitative estimate of drug-likeness (QED) is 0.263. The number of methoxy groups -OCH3 is 1. The van der Waals surface area contributed by atoms with Crippen molar-refractivity contribution in [2.24, 2.45) is 0 Å². The zero-order chi connectivity index (χ0) is 30.3. The summed E-state index contributed by atoms with van der Waals surface area (Å²) in [5.41, 5.74) is 2.96. The third-order valence-electron chi connectivity index (χ3n) is 7.66. The molecule has 10 nitrogen and oxygen atoms in total. The fraction of sp³-hybridized carbons (Fsp3) is 0.375. The van der Waals surface area contributed by atoms with Crippen LogP contribution in [0.5, 0.6) is 5.75 Å². The minimum Gasteiger partial charge on any atom is -0.494 e. The van der Waals surface area contributed by atoms with Crippen molar-refractivity contribution in [3.05, 3.63) is 76.1 Å². The van der Waals surface area contributed by atoms with Crippen LogP contribution in [0, 0.1) is 6.92 Å². The molecule has 226 valence electrons. The van der Waals surface area contributed by atoms with Crippen LogP contribution in [-0.4, -0.2) is 67.6 Å². The van der Waals surface area contributed by atoms with E-state index in [-0.39, 0.29) is 31.3 Å². The molecule has 0 unspecified atom stereocenters. The Morgan fingerprint density at radius 3 is 2.53 bits per heavy atom. The molecule has 0 aromatic carbocycles. The SMILES string of the molecule is C.C=CC(=O)N1C[C@H](C)N(c2nc(=O)n(-c3c(C)ccnc3C(C)C)c3nc(-c4ncccc4OC)c(Cl)cc23)C[C@H]1C. The van der Waals surface area contributed by atoms with E-state index in [1.54, 1.807) is 42.6 Å². The van der Waals surface area contributed by atoms with Crippen molar-refractivity contribution in [3.8, 4) is 22.8 Å². The molecule has 0 saturated carbocycles. The lowest BCUT2D eigenvalue weighted by molar-refractivity contribution is -0.128. The smallest absolute Gasteiger partial charge is 0.355 e. The van der Waals surface area contributed by atoms with Gasteiger partial charge < -0.3 is 14.5 Å². The highest BCUT2D eigenvalue weighted by Crippen LogP contribution is 2.37. The van der Waals surface area contributed by atoms with Gasteiger partial charge in [-0.05, 0) is 62.6 Å². The molecule has 43 heavy (non-hydrogen) atoms. The minimum absolute atomic E-state index is 0. The predicted molar refractivity (Wildman–Crippen MR) is 171 cm³/mol. The molecule has 0 radical (unpaired) electrons. The maximum atomic E-state index is 14.1. The van der Waals surface area contributed by atoms with Gasteiger partial charge in [-0.2, -0.15) is 4.98 Å². The van der Waals surface area contributed by atoms with Crippen molar-refractivity contribution in [1.82, 2.24) is 29.4 Å². The number of carbonyl (C=O) groups is 1. The van der Waals surface area contributed by atoms with Gasteiger partial charge in [0, 0.05) is 37.6 Å². The second-order valence-electron chi connectivity index (χ2n) is 10.9. The highest BCUT2D eigenvalue weighted by atomic mass is 35.5. The summed E-state index contributed by atoms with van der Waals surface area (Å²) < 4.78 is 7.08. The van der Waals surface area contributed by atoms with Crippen LogP contribution in [0.15, 0.2) is 54.1 Å². The van der Waals surface area contributed by atoms with Gasteiger partial charge in [0.25, 0.3) is 0 Å². The van der Waals surface area contributed by atoms with Gasteiger partial charge in [-0.25, -0.2) is 14.3 Å². The van der Waals surface area contributed by atoms with Gasteiger partial charge in [-0.1, -0.05) is 39.5 Å². The number of ether oxygens (including phenoxy) is 1. The van der Waals surface area contributed by atoms with Gasteiger partial charge in [-0.3, -0.25) is 14.8 Å². The van der Waals surface area contributed by atoms with Gasteiger partial charge in [0.2, 0.25) is 5.91 Å². The monoisotopic (exact) mass is 603 g/mol.